The molecule has 1 saturated heterocycles. The summed E-state index contributed by atoms with van der Waals surface area (Å²) in [4.78, 5) is 31.2. The standard InChI is InChI=1S/C27H32ClN7O3/c1-15-4-6-18(7-5-15)12-34-24-21(31-26(34)35-16(2)13-37-14-17(35)3)9-22(25-32-27(36)38-33-25)30-23(24)19-8-20(28)11-29-10-19/h8-11,15-18H,4-7,12-14H2,1-3H3,(H,32,33,36)/t15?,16-,17-,18?/m1/s1. The molecule has 0 spiro atoms. The smallest absolute Gasteiger partial charge is 0.377 e. The maximum atomic E-state index is 11.7. The SMILES string of the molecule is CC1CCC(Cn2c(N3[C@H](C)COC[C@H]3C)nc3cc(-c4noc(=O)[nH]4)nc(-c4cncc(Cl)c4)c32)CC1. The van der Waals surface area contributed by atoms with Gasteiger partial charge in [-0.25, -0.2) is 14.8 Å². The minimum Gasteiger partial charge on any atom is -0.377 e. The molecule has 4 aromatic heterocycles. The van der Waals surface area contributed by atoms with Gasteiger partial charge >= 0.3 is 5.76 Å². The molecule has 0 amide bonds. The monoisotopic (exact) mass is 537 g/mol. The molecule has 4 aromatic rings. The second-order valence-electron chi connectivity index (χ2n) is 10.9. The van der Waals surface area contributed by atoms with E-state index in [4.69, 9.17) is 30.8 Å². The van der Waals surface area contributed by atoms with Crippen molar-refractivity contribution in [2.24, 2.45) is 11.8 Å². The van der Waals surface area contributed by atoms with Crippen molar-refractivity contribution >= 4 is 28.6 Å². The number of aromatic nitrogens is 6. The predicted octanol–water partition coefficient (Wildman–Crippen LogP) is 4.93. The van der Waals surface area contributed by atoms with E-state index in [-0.39, 0.29) is 17.9 Å². The number of hydrogen-bond donors (Lipinski definition) is 1. The molecule has 1 N–H and O–H groups in total. The lowest BCUT2D eigenvalue weighted by Crippen LogP contribution is -2.51. The molecule has 0 bridgehead atoms. The fourth-order valence-corrected chi connectivity index (χ4v) is 6.06. The molecule has 0 unspecified atom stereocenters. The highest BCUT2D eigenvalue weighted by molar-refractivity contribution is 6.30. The zero-order valence-corrected chi connectivity index (χ0v) is 22.6. The van der Waals surface area contributed by atoms with Crippen LogP contribution in [-0.4, -0.2) is 55.0 Å². The quantitative estimate of drug-likeness (QED) is 0.381. The number of nitrogens with zero attached hydrogens (tertiary/aromatic N) is 6. The van der Waals surface area contributed by atoms with E-state index < -0.39 is 5.76 Å². The highest BCUT2D eigenvalue weighted by Gasteiger charge is 2.32. The van der Waals surface area contributed by atoms with E-state index in [0.717, 1.165) is 35.0 Å². The summed E-state index contributed by atoms with van der Waals surface area (Å²) in [7, 11) is 0. The molecular weight excluding hydrogens is 506 g/mol. The van der Waals surface area contributed by atoms with Crippen LogP contribution in [0.15, 0.2) is 33.8 Å². The van der Waals surface area contributed by atoms with Crippen molar-refractivity contribution in [1.82, 2.24) is 29.7 Å². The first kappa shape index (κ1) is 25.1. The number of fused-ring (bicyclic) bond motifs is 1. The van der Waals surface area contributed by atoms with Crippen LogP contribution in [0.4, 0.5) is 5.95 Å². The Morgan fingerprint density at radius 3 is 2.50 bits per heavy atom. The second-order valence-corrected chi connectivity index (χ2v) is 11.3. The Balaban J connectivity index is 1.59. The van der Waals surface area contributed by atoms with E-state index in [9.17, 15) is 4.79 Å². The van der Waals surface area contributed by atoms with Crippen molar-refractivity contribution in [2.45, 2.75) is 65.1 Å². The number of pyridine rings is 2. The highest BCUT2D eigenvalue weighted by atomic mass is 35.5. The van der Waals surface area contributed by atoms with Gasteiger partial charge in [0.05, 0.1) is 47.0 Å². The van der Waals surface area contributed by atoms with E-state index in [1.54, 1.807) is 12.4 Å². The van der Waals surface area contributed by atoms with E-state index in [1.165, 1.54) is 25.7 Å². The lowest BCUT2D eigenvalue weighted by atomic mass is 9.83. The van der Waals surface area contributed by atoms with Crippen LogP contribution in [0.25, 0.3) is 33.8 Å². The van der Waals surface area contributed by atoms with Crippen molar-refractivity contribution in [3.05, 3.63) is 40.1 Å². The maximum Gasteiger partial charge on any atom is 0.439 e. The average Bonchev–Trinajstić information content (AvgIpc) is 3.48. The lowest BCUT2D eigenvalue weighted by molar-refractivity contribution is 0.0741. The summed E-state index contributed by atoms with van der Waals surface area (Å²) >= 11 is 6.37. The Morgan fingerprint density at radius 1 is 1.05 bits per heavy atom. The summed E-state index contributed by atoms with van der Waals surface area (Å²) in [5.41, 5.74) is 3.60. The van der Waals surface area contributed by atoms with Crippen molar-refractivity contribution in [3.8, 4) is 22.8 Å². The third-order valence-electron chi connectivity index (χ3n) is 7.84. The molecule has 2 atom stereocenters. The zero-order chi connectivity index (χ0) is 26.4. The number of H-pyrrole nitrogens is 1. The number of anilines is 1. The summed E-state index contributed by atoms with van der Waals surface area (Å²) in [6.07, 6.45) is 8.21. The van der Waals surface area contributed by atoms with Crippen LogP contribution in [0.5, 0.6) is 0 Å². The molecule has 0 aromatic carbocycles. The van der Waals surface area contributed by atoms with Crippen LogP contribution >= 0.6 is 11.6 Å². The number of hydrogen-bond acceptors (Lipinski definition) is 8. The molecule has 11 heteroatoms. The first-order valence-electron chi connectivity index (χ1n) is 13.3. The third kappa shape index (κ3) is 4.71. The molecule has 200 valence electrons. The topological polar surface area (TPSA) is 115 Å². The molecule has 10 nitrogen and oxygen atoms in total. The summed E-state index contributed by atoms with van der Waals surface area (Å²) < 4.78 is 13.0. The number of ether oxygens (including phenoxy) is 1. The van der Waals surface area contributed by atoms with Gasteiger partial charge in [-0.05, 0) is 50.7 Å². The van der Waals surface area contributed by atoms with Gasteiger partial charge in [0.2, 0.25) is 11.8 Å². The van der Waals surface area contributed by atoms with Gasteiger partial charge in [0.25, 0.3) is 0 Å². The number of morpholine rings is 1. The maximum absolute atomic E-state index is 11.7. The van der Waals surface area contributed by atoms with Gasteiger partial charge in [-0.1, -0.05) is 36.5 Å². The third-order valence-corrected chi connectivity index (χ3v) is 8.05. The van der Waals surface area contributed by atoms with Gasteiger partial charge in [0, 0.05) is 24.5 Å². The average molecular weight is 538 g/mol. The largest absolute Gasteiger partial charge is 0.439 e. The van der Waals surface area contributed by atoms with Crippen LogP contribution in [0.3, 0.4) is 0 Å². The van der Waals surface area contributed by atoms with E-state index in [2.05, 4.69) is 45.4 Å². The molecule has 6 rings (SSSR count). The van der Waals surface area contributed by atoms with Crippen LogP contribution in [0, 0.1) is 11.8 Å². The normalized spacial score (nSPS) is 24.3. The minimum absolute atomic E-state index is 0.163. The number of nitrogens with one attached hydrogen (secondary N) is 1. The van der Waals surface area contributed by atoms with Gasteiger partial charge in [-0.2, -0.15) is 0 Å². The van der Waals surface area contributed by atoms with Crippen LogP contribution < -0.4 is 10.7 Å². The van der Waals surface area contributed by atoms with Gasteiger partial charge in [-0.15, -0.1) is 0 Å². The highest BCUT2D eigenvalue weighted by Crippen LogP contribution is 2.38. The van der Waals surface area contributed by atoms with E-state index >= 15 is 0 Å². The molecular formula is C27H32ClN7O3. The van der Waals surface area contributed by atoms with Crippen molar-refractivity contribution in [1.29, 1.82) is 0 Å². The predicted molar refractivity (Wildman–Crippen MR) is 145 cm³/mol. The van der Waals surface area contributed by atoms with Gasteiger partial charge in [0.15, 0.2) is 0 Å². The minimum atomic E-state index is -0.637. The molecule has 2 aliphatic rings. The van der Waals surface area contributed by atoms with Gasteiger partial charge in [0.1, 0.15) is 5.69 Å². The summed E-state index contributed by atoms with van der Waals surface area (Å²) in [5, 5.41) is 4.39. The van der Waals surface area contributed by atoms with E-state index in [1.807, 2.05) is 12.1 Å². The van der Waals surface area contributed by atoms with Crippen LogP contribution in [0.2, 0.25) is 5.02 Å². The molecule has 1 aliphatic carbocycles. The molecule has 2 fully saturated rings. The first-order valence-corrected chi connectivity index (χ1v) is 13.7. The van der Waals surface area contributed by atoms with Crippen molar-refractivity contribution in [3.63, 3.8) is 0 Å². The van der Waals surface area contributed by atoms with Gasteiger partial charge in [-0.3, -0.25) is 14.5 Å². The van der Waals surface area contributed by atoms with Crippen LogP contribution in [-0.2, 0) is 11.3 Å². The molecule has 1 aliphatic heterocycles. The molecule has 1 saturated carbocycles. The number of imidazole rings is 1. The molecule has 38 heavy (non-hydrogen) atoms. The van der Waals surface area contributed by atoms with Crippen LogP contribution in [0.1, 0.15) is 46.5 Å². The van der Waals surface area contributed by atoms with E-state index in [0.29, 0.717) is 35.5 Å². The second kappa shape index (κ2) is 10.1. The molecule has 0 radical (unpaired) electrons. The summed E-state index contributed by atoms with van der Waals surface area (Å²) in [5.74, 6) is 1.84. The first-order chi connectivity index (χ1) is 18.4. The Hall–Kier alpha value is -3.24. The number of halogens is 1. The Morgan fingerprint density at radius 2 is 1.82 bits per heavy atom. The summed E-state index contributed by atoms with van der Waals surface area (Å²) in [6.45, 7) is 8.82. The van der Waals surface area contributed by atoms with Crippen molar-refractivity contribution in [2.75, 3.05) is 18.1 Å². The zero-order valence-electron chi connectivity index (χ0n) is 21.9. The lowest BCUT2D eigenvalue weighted by Gasteiger charge is -2.40. The molecule has 5 heterocycles. The summed E-state index contributed by atoms with van der Waals surface area (Å²) in [6, 6.07) is 4.04. The Labute approximate surface area is 225 Å². The number of aromatic amines is 1. The Kier molecular flexibility index (Phi) is 6.69. The van der Waals surface area contributed by atoms with Gasteiger partial charge < -0.3 is 14.2 Å². The Bertz CT molecular complexity index is 1490. The fourth-order valence-electron chi connectivity index (χ4n) is 5.89. The van der Waals surface area contributed by atoms with Crippen molar-refractivity contribution < 1.29 is 9.26 Å². The fraction of sp³-hybridized carbons (Fsp3) is 0.519. The number of rotatable bonds is 5.